The second kappa shape index (κ2) is 44.8. The lowest BCUT2D eigenvalue weighted by Crippen LogP contribution is -2.48. The normalized spacial score (nSPS) is 20.7. The molecule has 6 aliphatic heterocycles. The molecule has 0 spiro atoms. The van der Waals surface area contributed by atoms with Crippen molar-refractivity contribution in [3.05, 3.63) is 297 Å². The molecule has 6 aliphatic rings. The Morgan fingerprint density at radius 2 is 0.694 bits per heavy atom. The maximum absolute atomic E-state index is 14.6. The van der Waals surface area contributed by atoms with Crippen LogP contribution in [0.25, 0.3) is 32.7 Å². The van der Waals surface area contributed by atoms with Crippen molar-refractivity contribution < 1.29 is 51.8 Å². The molecule has 6 atom stereocenters. The first-order valence-corrected chi connectivity index (χ1v) is 50.7. The van der Waals surface area contributed by atoms with Gasteiger partial charge in [0.1, 0.15) is 25.9 Å². The van der Waals surface area contributed by atoms with Gasteiger partial charge in [-0.05, 0) is 186 Å². The molecule has 12 aromatic rings. The van der Waals surface area contributed by atoms with Crippen LogP contribution in [0.15, 0.2) is 230 Å². The summed E-state index contributed by atoms with van der Waals surface area (Å²) in [7, 11) is 0. The van der Waals surface area contributed by atoms with E-state index in [0.29, 0.717) is 47.4 Å². The van der Waals surface area contributed by atoms with Gasteiger partial charge in [0.25, 0.3) is 0 Å². The number of fused-ring (bicyclic) bond motifs is 3. The van der Waals surface area contributed by atoms with E-state index in [0.717, 1.165) is 213 Å². The number of rotatable bonds is 30. The van der Waals surface area contributed by atoms with E-state index in [1.807, 2.05) is 147 Å². The number of nitrogens with zero attached hydrogens (tertiary/aromatic N) is 6. The molecule has 0 bridgehead atoms. The van der Waals surface area contributed by atoms with E-state index in [1.54, 1.807) is 34.1 Å². The summed E-state index contributed by atoms with van der Waals surface area (Å²) in [5.74, 6) is -2.05. The average Bonchev–Trinajstić information content (AvgIpc) is 1.58. The number of H-pyrrole nitrogens is 3. The van der Waals surface area contributed by atoms with E-state index >= 15 is 0 Å². The summed E-state index contributed by atoms with van der Waals surface area (Å²) >= 11 is 36.0. The van der Waals surface area contributed by atoms with Gasteiger partial charge in [-0.25, -0.2) is 8.78 Å². The third-order valence-electron chi connectivity index (χ3n) is 25.6. The Morgan fingerprint density at radius 1 is 0.396 bits per heavy atom. The van der Waals surface area contributed by atoms with Crippen LogP contribution >= 0.6 is 114 Å². The monoisotopic (exact) mass is 2070 g/mol. The summed E-state index contributed by atoms with van der Waals surface area (Å²) in [6.07, 6.45) is 8.12. The number of nitrogens with one attached hydrogen (secondary N) is 6. The fourth-order valence-corrected chi connectivity index (χ4v) is 24.1. The first-order chi connectivity index (χ1) is 64.8. The minimum Gasteiger partial charge on any atom is -0.379 e. The molecule has 3 aromatic heterocycles. The van der Waals surface area contributed by atoms with Gasteiger partial charge in [-0.1, -0.05) is 174 Å². The maximum Gasteiger partial charge on any atom is 0.239 e. The second-order valence-electron chi connectivity index (χ2n) is 34.8. The molecule has 0 saturated carbocycles. The van der Waals surface area contributed by atoms with Gasteiger partial charge < -0.3 is 59.8 Å². The Bertz CT molecular complexity index is 5940. The van der Waals surface area contributed by atoms with Crippen molar-refractivity contribution in [1.29, 1.82) is 0 Å². The van der Waals surface area contributed by atoms with Gasteiger partial charge in [0.2, 0.25) is 35.4 Å². The molecule has 6 saturated heterocycles. The SMILES string of the molecule is Cc1ccc(S[C@@]2(C(=O)NCCCN3CCOCC3)CC(=O)N(Cc3ccc(Br)cc3)[C@H]2c2c[nH]c3cc(Br)ccc23)cc1.Cc1ccc(S[C@@]2(C(=O)NCCCN3CCOCC3)CC(=O)N(Cc3ccc(Cl)c(F)c3)[C@H]2c2c[nH]c3cc(Cl)ccc23)cc1.Cc1ccc(S[C@]2(C(=O)NCCCN3CCOCC3)CC(=O)N(Cc3ccc(Cl)c(F)c3)[C@H]2c2c[nH]c3cc(Cl)ccc23)cc1. The minimum atomic E-state index is -1.22. The number of likely N-dealkylation sites (tertiary alicyclic amines) is 3. The van der Waals surface area contributed by atoms with Crippen LogP contribution in [0.2, 0.25) is 20.1 Å². The average molecular weight is 2080 g/mol. The molecule has 9 aromatic carbocycles. The zero-order valence-electron chi connectivity index (χ0n) is 74.6. The number of carbonyl (C=O) groups is 6. The van der Waals surface area contributed by atoms with Gasteiger partial charge in [0.05, 0.1) is 87.1 Å². The van der Waals surface area contributed by atoms with Crippen molar-refractivity contribution in [2.45, 2.75) is 126 Å². The van der Waals surface area contributed by atoms with Crippen LogP contribution in [0.3, 0.4) is 0 Å². The number of benzene rings is 9. The lowest BCUT2D eigenvalue weighted by molar-refractivity contribution is -0.130. The largest absolute Gasteiger partial charge is 0.379 e. The van der Waals surface area contributed by atoms with E-state index in [1.165, 1.54) is 59.6 Å². The molecule has 134 heavy (non-hydrogen) atoms. The highest BCUT2D eigenvalue weighted by Gasteiger charge is 2.62. The maximum atomic E-state index is 14.6. The van der Waals surface area contributed by atoms with E-state index in [-0.39, 0.29) is 77.8 Å². The number of amides is 6. The molecule has 21 nitrogen and oxygen atoms in total. The minimum absolute atomic E-state index is 0.0114. The van der Waals surface area contributed by atoms with Crippen LogP contribution < -0.4 is 16.0 Å². The molecular weight excluding hydrogens is 1970 g/mol. The van der Waals surface area contributed by atoms with Gasteiger partial charge in [-0.15, -0.1) is 35.3 Å². The van der Waals surface area contributed by atoms with E-state index < -0.39 is 44.0 Å². The molecule has 32 heteroatoms. The number of aryl methyl sites for hydroxylation is 3. The number of aromatic nitrogens is 3. The van der Waals surface area contributed by atoms with Crippen molar-refractivity contribution in [3.63, 3.8) is 0 Å². The molecular formula is C102H106Br2Cl4F2N12O9S3. The van der Waals surface area contributed by atoms with Gasteiger partial charge in [-0.2, -0.15) is 0 Å². The van der Waals surface area contributed by atoms with Crippen molar-refractivity contribution in [3.8, 4) is 0 Å². The fraction of sp³-hybridized carbons (Fsp3) is 0.353. The number of halogens is 8. The van der Waals surface area contributed by atoms with Crippen molar-refractivity contribution in [2.24, 2.45) is 0 Å². The summed E-state index contributed by atoms with van der Waals surface area (Å²) in [5.41, 5.74) is 10.6. The lowest BCUT2D eigenvalue weighted by Gasteiger charge is -2.36. The molecule has 6 fully saturated rings. The molecule has 702 valence electrons. The van der Waals surface area contributed by atoms with Crippen LogP contribution in [-0.4, -0.2) is 212 Å². The number of ether oxygens (including phenoxy) is 3. The molecule has 0 unspecified atom stereocenters. The Balaban J connectivity index is 0.000000146. The molecule has 0 radical (unpaired) electrons. The van der Waals surface area contributed by atoms with Crippen LogP contribution in [0.1, 0.15) is 107 Å². The van der Waals surface area contributed by atoms with Crippen LogP contribution in [0, 0.1) is 32.4 Å². The van der Waals surface area contributed by atoms with Crippen LogP contribution in [0.5, 0.6) is 0 Å². The standard InChI is InChI=1S/C34H36Br2N4O3S.2C34H35Cl2FN4O3S/c1-23-3-10-27(11-4-23)44-34(33(42)37-13-2-14-39-15-17-43-18-16-39)20-31(41)40(22-24-5-7-25(35)8-6-24)32(34)29-21-38-30-19-26(36)9-12-28(29)30;2*1-22-3-7-25(8-4-22)45-34(33(43)38-11-2-12-40-13-15-44-16-14-40)19-31(42)41(21-23-5-10-28(36)29(37)17-23)32(34)27-20-39-30-18-24(35)6-9-26(27)30/h3-12,19,21,32,38H,2,13-18,20,22H2,1H3,(H,37,42);2*3-10,17-18,20,32,39H,2,11-16,19,21H2,1H3,(H,38,43)/t32-,34-;32-,34+;32-,34-/m000/s1. The highest BCUT2D eigenvalue weighted by Crippen LogP contribution is 2.58. The summed E-state index contributed by atoms with van der Waals surface area (Å²) < 4.78 is 43.9. The third-order valence-corrected chi connectivity index (χ3v) is 31.9. The van der Waals surface area contributed by atoms with E-state index in [4.69, 9.17) is 60.6 Å². The highest BCUT2D eigenvalue weighted by atomic mass is 79.9. The van der Waals surface area contributed by atoms with Crippen molar-refractivity contribution in [2.75, 3.05) is 118 Å². The van der Waals surface area contributed by atoms with Crippen molar-refractivity contribution >= 4 is 182 Å². The predicted octanol–water partition coefficient (Wildman–Crippen LogP) is 20.4. The summed E-state index contributed by atoms with van der Waals surface area (Å²) in [4.78, 5) is 111. The summed E-state index contributed by atoms with van der Waals surface area (Å²) in [5, 5.41) is 13.6. The zero-order chi connectivity index (χ0) is 93.8. The van der Waals surface area contributed by atoms with Crippen LogP contribution in [0.4, 0.5) is 8.78 Å². The Labute approximate surface area is 828 Å². The fourth-order valence-electron chi connectivity index (χ4n) is 18.7. The number of hydrogen-bond donors (Lipinski definition) is 6. The number of carbonyl (C=O) groups excluding carboxylic acids is 6. The molecule has 6 N–H and O–H groups in total. The Morgan fingerprint density at radius 3 is 1.02 bits per heavy atom. The van der Waals surface area contributed by atoms with Gasteiger partial charge in [0, 0.05) is 180 Å². The summed E-state index contributed by atoms with van der Waals surface area (Å²) in [6, 6.07) is 56.7. The van der Waals surface area contributed by atoms with Crippen molar-refractivity contribution in [1.82, 2.24) is 60.3 Å². The van der Waals surface area contributed by atoms with Crippen LogP contribution in [-0.2, 0) is 62.6 Å². The second-order valence-corrected chi connectivity index (χ2v) is 42.6. The van der Waals surface area contributed by atoms with E-state index in [9.17, 15) is 37.5 Å². The predicted molar refractivity (Wildman–Crippen MR) is 537 cm³/mol. The van der Waals surface area contributed by atoms with Gasteiger partial charge >= 0.3 is 0 Å². The zero-order valence-corrected chi connectivity index (χ0v) is 83.2. The first-order valence-electron chi connectivity index (χ1n) is 45.1. The van der Waals surface area contributed by atoms with Gasteiger partial charge in [0.15, 0.2) is 0 Å². The Hall–Kier alpha value is -8.79. The number of hydrogen-bond acceptors (Lipinski definition) is 15. The quantitative estimate of drug-likeness (QED) is 0.0230. The summed E-state index contributed by atoms with van der Waals surface area (Å²) in [6.45, 7) is 20.5. The van der Waals surface area contributed by atoms with E-state index in [2.05, 4.69) is 115 Å². The lowest BCUT2D eigenvalue weighted by atomic mass is 9.91. The first kappa shape index (κ1) is 98.3. The smallest absolute Gasteiger partial charge is 0.239 e. The molecule has 18 rings (SSSR count). The molecule has 0 aliphatic carbocycles. The Kier molecular flexibility index (Phi) is 32.8. The topological polar surface area (TPSA) is 233 Å². The van der Waals surface area contributed by atoms with Gasteiger partial charge in [-0.3, -0.25) is 43.5 Å². The molecule has 9 heterocycles. The molecule has 6 amide bonds. The third kappa shape index (κ3) is 23.1. The highest BCUT2D eigenvalue weighted by molar-refractivity contribution is 9.10. The number of aromatic amines is 3. The number of morpholine rings is 3. The number of thioether (sulfide) groups is 3.